The minimum absolute atomic E-state index is 0.00809. The summed E-state index contributed by atoms with van der Waals surface area (Å²) in [5.74, 6) is 0. The summed E-state index contributed by atoms with van der Waals surface area (Å²) in [6.45, 7) is 1.09. The van der Waals surface area contributed by atoms with Crippen molar-refractivity contribution in [3.05, 3.63) is 34.9 Å². The van der Waals surface area contributed by atoms with E-state index in [0.29, 0.717) is 12.1 Å². The van der Waals surface area contributed by atoms with Crippen LogP contribution in [-0.4, -0.2) is 10.9 Å². The van der Waals surface area contributed by atoms with Crippen molar-refractivity contribution in [2.75, 3.05) is 0 Å². The number of hydrogen-bond acceptors (Lipinski definition) is 2. The Bertz CT molecular complexity index is 442. The first-order chi connectivity index (χ1) is 8.05. The molecule has 1 aromatic carbocycles. The number of nitrogens with zero attached hydrogens (tertiary/aromatic N) is 1. The van der Waals surface area contributed by atoms with Crippen molar-refractivity contribution < 1.29 is 31.5 Å². The maximum absolute atomic E-state index is 12.4. The van der Waals surface area contributed by atoms with Crippen molar-refractivity contribution >= 4 is 5.71 Å². The van der Waals surface area contributed by atoms with Crippen LogP contribution in [0.3, 0.4) is 0 Å². The molecule has 0 unspecified atom stereocenters. The molecule has 0 bridgehead atoms. The summed E-state index contributed by atoms with van der Waals surface area (Å²) in [5.41, 5.74) is -3.68. The molecular formula is C10H7F6NO. The Balaban J connectivity index is 3.49. The first-order valence-electron chi connectivity index (χ1n) is 4.54. The topological polar surface area (TPSA) is 32.6 Å². The molecule has 1 N–H and O–H groups in total. The second kappa shape index (κ2) is 4.51. The van der Waals surface area contributed by atoms with Gasteiger partial charge >= 0.3 is 12.4 Å². The van der Waals surface area contributed by atoms with Crippen molar-refractivity contribution in [3.8, 4) is 0 Å². The molecule has 8 heteroatoms. The van der Waals surface area contributed by atoms with E-state index in [1.807, 2.05) is 0 Å². The Labute approximate surface area is 97.5 Å². The summed E-state index contributed by atoms with van der Waals surface area (Å²) in [5, 5.41) is 11.0. The quantitative estimate of drug-likeness (QED) is 0.357. The second-order valence-corrected chi connectivity index (χ2v) is 3.48. The SMILES string of the molecule is C/C(=N\O)c1cc(C(F)(F)F)cc(C(F)(F)F)c1. The van der Waals surface area contributed by atoms with Crippen LogP contribution in [0.15, 0.2) is 23.4 Å². The lowest BCUT2D eigenvalue weighted by Crippen LogP contribution is -2.13. The van der Waals surface area contributed by atoms with Crippen molar-refractivity contribution in [2.45, 2.75) is 19.3 Å². The lowest BCUT2D eigenvalue weighted by atomic mass is 10.0. The van der Waals surface area contributed by atoms with Gasteiger partial charge in [-0.3, -0.25) is 0 Å². The molecule has 0 fully saturated rings. The summed E-state index contributed by atoms with van der Waals surface area (Å²) in [6.07, 6.45) is -9.82. The van der Waals surface area contributed by atoms with Crippen LogP contribution in [0.2, 0.25) is 0 Å². The molecule has 0 saturated carbocycles. The Morgan fingerprint density at radius 3 is 1.61 bits per heavy atom. The maximum atomic E-state index is 12.4. The van der Waals surface area contributed by atoms with E-state index in [0.717, 1.165) is 6.92 Å². The number of oxime groups is 1. The van der Waals surface area contributed by atoms with E-state index in [9.17, 15) is 26.3 Å². The zero-order valence-corrected chi connectivity index (χ0v) is 8.89. The number of alkyl halides is 6. The lowest BCUT2D eigenvalue weighted by Gasteiger charge is -2.13. The van der Waals surface area contributed by atoms with Crippen LogP contribution in [0.1, 0.15) is 23.6 Å². The highest BCUT2D eigenvalue weighted by molar-refractivity contribution is 5.98. The summed E-state index contributed by atoms with van der Waals surface area (Å²) in [4.78, 5) is 0. The molecule has 0 atom stereocenters. The molecule has 100 valence electrons. The third-order valence-electron chi connectivity index (χ3n) is 2.16. The monoisotopic (exact) mass is 271 g/mol. The highest BCUT2D eigenvalue weighted by atomic mass is 19.4. The molecule has 0 aliphatic heterocycles. The molecule has 1 aromatic rings. The van der Waals surface area contributed by atoms with Gasteiger partial charge in [-0.1, -0.05) is 5.16 Å². The van der Waals surface area contributed by atoms with Gasteiger partial charge < -0.3 is 5.21 Å². The fourth-order valence-electron chi connectivity index (χ4n) is 1.22. The molecule has 1 rings (SSSR count). The average molecular weight is 271 g/mol. The number of hydrogen-bond donors (Lipinski definition) is 1. The number of halogens is 6. The van der Waals surface area contributed by atoms with Crippen molar-refractivity contribution in [1.29, 1.82) is 0 Å². The lowest BCUT2D eigenvalue weighted by molar-refractivity contribution is -0.143. The van der Waals surface area contributed by atoms with Gasteiger partial charge in [0.25, 0.3) is 0 Å². The van der Waals surface area contributed by atoms with Gasteiger partial charge in [0.05, 0.1) is 16.8 Å². The Morgan fingerprint density at radius 2 is 1.33 bits per heavy atom. The van der Waals surface area contributed by atoms with Gasteiger partial charge in [0.2, 0.25) is 0 Å². The predicted molar refractivity (Wildman–Crippen MR) is 50.4 cm³/mol. The predicted octanol–water partition coefficient (Wildman–Crippen LogP) is 3.92. The van der Waals surface area contributed by atoms with Crippen LogP contribution < -0.4 is 0 Å². The number of benzene rings is 1. The third-order valence-corrected chi connectivity index (χ3v) is 2.16. The highest BCUT2D eigenvalue weighted by Crippen LogP contribution is 2.36. The fraction of sp³-hybridized carbons (Fsp3) is 0.300. The minimum atomic E-state index is -4.91. The van der Waals surface area contributed by atoms with Crippen LogP contribution in [0.4, 0.5) is 26.3 Å². The molecule has 2 nitrogen and oxygen atoms in total. The van der Waals surface area contributed by atoms with Crippen LogP contribution in [0.25, 0.3) is 0 Å². The van der Waals surface area contributed by atoms with E-state index in [2.05, 4.69) is 5.16 Å². The van der Waals surface area contributed by atoms with Gasteiger partial charge in [0.15, 0.2) is 0 Å². The van der Waals surface area contributed by atoms with E-state index >= 15 is 0 Å². The van der Waals surface area contributed by atoms with Crippen molar-refractivity contribution in [2.24, 2.45) is 5.16 Å². The molecule has 0 spiro atoms. The van der Waals surface area contributed by atoms with Crippen LogP contribution in [0, 0.1) is 0 Å². The average Bonchev–Trinajstić information content (AvgIpc) is 2.25. The standard InChI is InChI=1S/C10H7F6NO/c1-5(17-18)6-2-7(9(11,12)13)4-8(3-6)10(14,15)16/h2-4,18H,1H3/b17-5+. The smallest absolute Gasteiger partial charge is 0.411 e. The molecule has 0 heterocycles. The van der Waals surface area contributed by atoms with Gasteiger partial charge in [-0.2, -0.15) is 26.3 Å². The molecule has 0 radical (unpaired) electrons. The molecule has 0 aliphatic carbocycles. The van der Waals surface area contributed by atoms with Gasteiger partial charge in [0.1, 0.15) is 0 Å². The van der Waals surface area contributed by atoms with E-state index < -0.39 is 29.0 Å². The van der Waals surface area contributed by atoms with Gasteiger partial charge in [-0.15, -0.1) is 0 Å². The van der Waals surface area contributed by atoms with Crippen LogP contribution in [-0.2, 0) is 12.4 Å². The van der Waals surface area contributed by atoms with Gasteiger partial charge in [0, 0.05) is 5.56 Å². The summed E-state index contributed by atoms with van der Waals surface area (Å²) < 4.78 is 74.6. The van der Waals surface area contributed by atoms with E-state index in [-0.39, 0.29) is 11.8 Å². The second-order valence-electron chi connectivity index (χ2n) is 3.48. The Kier molecular flexibility index (Phi) is 3.59. The van der Waals surface area contributed by atoms with E-state index in [1.165, 1.54) is 0 Å². The zero-order valence-electron chi connectivity index (χ0n) is 8.89. The molecule has 0 aliphatic rings. The molecule has 0 aromatic heterocycles. The molecule has 0 amide bonds. The van der Waals surface area contributed by atoms with Crippen molar-refractivity contribution in [1.82, 2.24) is 0 Å². The van der Waals surface area contributed by atoms with E-state index in [4.69, 9.17) is 5.21 Å². The Hall–Kier alpha value is -1.73. The Morgan fingerprint density at radius 1 is 0.944 bits per heavy atom. The van der Waals surface area contributed by atoms with Gasteiger partial charge in [-0.05, 0) is 25.1 Å². The molecular weight excluding hydrogens is 264 g/mol. The third kappa shape index (κ3) is 3.14. The zero-order chi connectivity index (χ0) is 14.1. The normalized spacial score (nSPS) is 13.8. The minimum Gasteiger partial charge on any atom is -0.411 e. The van der Waals surface area contributed by atoms with Crippen LogP contribution >= 0.6 is 0 Å². The first kappa shape index (κ1) is 14.3. The largest absolute Gasteiger partial charge is 0.416 e. The van der Waals surface area contributed by atoms with Crippen molar-refractivity contribution in [3.63, 3.8) is 0 Å². The van der Waals surface area contributed by atoms with Crippen LogP contribution in [0.5, 0.6) is 0 Å². The van der Waals surface area contributed by atoms with Gasteiger partial charge in [-0.25, -0.2) is 0 Å². The molecule has 18 heavy (non-hydrogen) atoms. The number of rotatable bonds is 1. The summed E-state index contributed by atoms with van der Waals surface area (Å²) in [7, 11) is 0. The fourth-order valence-corrected chi connectivity index (χ4v) is 1.22. The first-order valence-corrected chi connectivity index (χ1v) is 4.54. The molecule has 0 saturated heterocycles. The maximum Gasteiger partial charge on any atom is 0.416 e. The highest BCUT2D eigenvalue weighted by Gasteiger charge is 2.37. The summed E-state index contributed by atoms with van der Waals surface area (Å²) in [6, 6.07) is 0.989. The van der Waals surface area contributed by atoms with E-state index in [1.54, 1.807) is 0 Å². The summed E-state index contributed by atoms with van der Waals surface area (Å²) >= 11 is 0.